The molecule has 1 aromatic carbocycles. The number of hydrogen-bond donors (Lipinski definition) is 0. The SMILES string of the molecule is [CH2]C(C=C)c1ccc([N+](=O)[O-])c(Cl)c1. The van der Waals surface area contributed by atoms with Gasteiger partial charge in [-0.1, -0.05) is 23.7 Å². The number of nitro groups is 1. The molecule has 1 aromatic rings. The van der Waals surface area contributed by atoms with Crippen molar-refractivity contribution in [2.24, 2.45) is 0 Å². The minimum absolute atomic E-state index is 0.0910. The molecule has 1 radical (unpaired) electrons. The van der Waals surface area contributed by atoms with Crippen molar-refractivity contribution in [3.8, 4) is 0 Å². The van der Waals surface area contributed by atoms with E-state index in [1.165, 1.54) is 6.07 Å². The number of nitro benzene ring substituents is 1. The first-order valence-electron chi connectivity index (χ1n) is 3.95. The van der Waals surface area contributed by atoms with Crippen molar-refractivity contribution < 1.29 is 4.92 Å². The molecule has 1 rings (SSSR count). The van der Waals surface area contributed by atoms with Gasteiger partial charge in [-0.3, -0.25) is 10.1 Å². The van der Waals surface area contributed by atoms with E-state index in [9.17, 15) is 10.1 Å². The molecule has 4 heteroatoms. The predicted molar refractivity (Wildman–Crippen MR) is 56.4 cm³/mol. The van der Waals surface area contributed by atoms with Gasteiger partial charge in [-0.15, -0.1) is 6.58 Å². The third kappa shape index (κ3) is 2.12. The molecule has 14 heavy (non-hydrogen) atoms. The van der Waals surface area contributed by atoms with Crippen LogP contribution in [-0.4, -0.2) is 4.92 Å². The van der Waals surface area contributed by atoms with E-state index in [0.717, 1.165) is 5.56 Å². The van der Waals surface area contributed by atoms with Crippen LogP contribution in [0.4, 0.5) is 5.69 Å². The van der Waals surface area contributed by atoms with Crippen LogP contribution in [0.3, 0.4) is 0 Å². The Morgan fingerprint density at radius 1 is 1.57 bits per heavy atom. The summed E-state index contributed by atoms with van der Waals surface area (Å²) in [5.41, 5.74) is 0.724. The summed E-state index contributed by atoms with van der Waals surface area (Å²) in [6.45, 7) is 7.38. The highest BCUT2D eigenvalue weighted by Gasteiger charge is 2.13. The fourth-order valence-electron chi connectivity index (χ4n) is 1.04. The Morgan fingerprint density at radius 3 is 2.64 bits per heavy atom. The molecule has 0 saturated heterocycles. The molecule has 0 heterocycles. The van der Waals surface area contributed by atoms with Crippen molar-refractivity contribution in [1.82, 2.24) is 0 Å². The molecule has 73 valence electrons. The molecule has 0 fully saturated rings. The average Bonchev–Trinajstić information content (AvgIpc) is 2.15. The lowest BCUT2D eigenvalue weighted by Gasteiger charge is -2.05. The van der Waals surface area contributed by atoms with Gasteiger partial charge in [-0.05, 0) is 18.6 Å². The molecule has 0 spiro atoms. The van der Waals surface area contributed by atoms with Crippen molar-refractivity contribution >= 4 is 17.3 Å². The van der Waals surface area contributed by atoms with Crippen LogP contribution in [0, 0.1) is 17.0 Å². The molecular weight excluding hydrogens is 202 g/mol. The third-order valence-electron chi connectivity index (χ3n) is 1.88. The molecule has 0 aromatic heterocycles. The summed E-state index contributed by atoms with van der Waals surface area (Å²) >= 11 is 5.72. The Kier molecular flexibility index (Phi) is 3.25. The summed E-state index contributed by atoms with van der Waals surface area (Å²) in [5, 5.41) is 10.6. The normalized spacial score (nSPS) is 12.1. The van der Waals surface area contributed by atoms with Crippen molar-refractivity contribution in [3.05, 3.63) is 58.5 Å². The van der Waals surface area contributed by atoms with Crippen molar-refractivity contribution in [1.29, 1.82) is 0 Å². The Morgan fingerprint density at radius 2 is 2.21 bits per heavy atom. The number of hydrogen-bond acceptors (Lipinski definition) is 2. The van der Waals surface area contributed by atoms with E-state index in [-0.39, 0.29) is 16.6 Å². The fourth-order valence-corrected chi connectivity index (χ4v) is 1.30. The monoisotopic (exact) mass is 210 g/mol. The molecule has 0 aliphatic heterocycles. The maximum Gasteiger partial charge on any atom is 0.287 e. The van der Waals surface area contributed by atoms with Gasteiger partial charge in [-0.2, -0.15) is 0 Å². The van der Waals surface area contributed by atoms with E-state index >= 15 is 0 Å². The fraction of sp³-hybridized carbons (Fsp3) is 0.100. The van der Waals surface area contributed by atoms with Crippen LogP contribution in [0.2, 0.25) is 5.02 Å². The van der Waals surface area contributed by atoms with E-state index in [1.54, 1.807) is 18.2 Å². The zero-order valence-electron chi connectivity index (χ0n) is 7.44. The molecular formula is C10H9ClNO2. The van der Waals surface area contributed by atoms with Gasteiger partial charge in [-0.25, -0.2) is 0 Å². The third-order valence-corrected chi connectivity index (χ3v) is 2.18. The molecule has 1 unspecified atom stereocenters. The summed E-state index contributed by atoms with van der Waals surface area (Å²) in [5.74, 6) is -0.103. The Hall–Kier alpha value is -1.35. The largest absolute Gasteiger partial charge is 0.287 e. The van der Waals surface area contributed by atoms with Crippen LogP contribution in [0.25, 0.3) is 0 Å². The van der Waals surface area contributed by atoms with Crippen LogP contribution >= 0.6 is 11.6 Å². The summed E-state index contributed by atoms with van der Waals surface area (Å²) in [6, 6.07) is 4.54. The summed E-state index contributed by atoms with van der Waals surface area (Å²) in [6.07, 6.45) is 1.65. The second kappa shape index (κ2) is 4.24. The highest BCUT2D eigenvalue weighted by Crippen LogP contribution is 2.28. The number of allylic oxidation sites excluding steroid dienone is 1. The van der Waals surface area contributed by atoms with Crippen LogP contribution in [0.5, 0.6) is 0 Å². The van der Waals surface area contributed by atoms with Crippen LogP contribution < -0.4 is 0 Å². The standard InChI is InChI=1S/C10H9ClNO2/c1-3-7(2)8-4-5-10(12(13)14)9(11)6-8/h3-7H,1-2H2. The first-order valence-corrected chi connectivity index (χ1v) is 4.33. The predicted octanol–water partition coefficient (Wildman–Crippen LogP) is 3.35. The van der Waals surface area contributed by atoms with E-state index in [1.807, 2.05) is 0 Å². The number of nitrogens with zero attached hydrogens (tertiary/aromatic N) is 1. The molecule has 0 bridgehead atoms. The smallest absolute Gasteiger partial charge is 0.258 e. The zero-order chi connectivity index (χ0) is 10.7. The lowest BCUT2D eigenvalue weighted by molar-refractivity contribution is -0.384. The van der Waals surface area contributed by atoms with Gasteiger partial charge >= 0.3 is 0 Å². The van der Waals surface area contributed by atoms with E-state index < -0.39 is 4.92 Å². The van der Waals surface area contributed by atoms with Gasteiger partial charge in [0, 0.05) is 12.0 Å². The molecule has 1 atom stereocenters. The number of halogens is 1. The average molecular weight is 211 g/mol. The number of rotatable bonds is 3. The zero-order valence-corrected chi connectivity index (χ0v) is 8.20. The molecule has 0 amide bonds. The van der Waals surface area contributed by atoms with Gasteiger partial charge in [0.05, 0.1) is 4.92 Å². The van der Waals surface area contributed by atoms with E-state index in [2.05, 4.69) is 13.5 Å². The molecule has 0 aliphatic carbocycles. The second-order valence-electron chi connectivity index (χ2n) is 2.81. The van der Waals surface area contributed by atoms with Gasteiger partial charge in [0.2, 0.25) is 0 Å². The van der Waals surface area contributed by atoms with Crippen molar-refractivity contribution in [2.45, 2.75) is 5.92 Å². The summed E-state index contributed by atoms with van der Waals surface area (Å²) in [7, 11) is 0. The van der Waals surface area contributed by atoms with Crippen LogP contribution in [-0.2, 0) is 0 Å². The maximum atomic E-state index is 10.5. The number of benzene rings is 1. The quantitative estimate of drug-likeness (QED) is 0.436. The Balaban J connectivity index is 3.12. The summed E-state index contributed by atoms with van der Waals surface area (Å²) < 4.78 is 0. The lowest BCUT2D eigenvalue weighted by atomic mass is 10.0. The lowest BCUT2D eigenvalue weighted by Crippen LogP contribution is -1.93. The molecule has 0 aliphatic rings. The molecule has 0 saturated carbocycles. The van der Waals surface area contributed by atoms with E-state index in [4.69, 9.17) is 11.6 Å². The Bertz CT molecular complexity index is 376. The highest BCUT2D eigenvalue weighted by molar-refractivity contribution is 6.32. The first kappa shape index (κ1) is 10.7. The van der Waals surface area contributed by atoms with Gasteiger partial charge in [0.15, 0.2) is 0 Å². The molecule has 3 nitrogen and oxygen atoms in total. The van der Waals surface area contributed by atoms with Crippen molar-refractivity contribution in [2.75, 3.05) is 0 Å². The van der Waals surface area contributed by atoms with Gasteiger partial charge in [0.25, 0.3) is 5.69 Å². The summed E-state index contributed by atoms with van der Waals surface area (Å²) in [4.78, 5) is 9.94. The van der Waals surface area contributed by atoms with Crippen molar-refractivity contribution in [3.63, 3.8) is 0 Å². The topological polar surface area (TPSA) is 43.1 Å². The minimum Gasteiger partial charge on any atom is -0.258 e. The maximum absolute atomic E-state index is 10.5. The highest BCUT2D eigenvalue weighted by atomic mass is 35.5. The van der Waals surface area contributed by atoms with Gasteiger partial charge < -0.3 is 0 Å². The second-order valence-corrected chi connectivity index (χ2v) is 3.22. The Labute approximate surface area is 87.2 Å². The van der Waals surface area contributed by atoms with E-state index in [0.29, 0.717) is 0 Å². The van der Waals surface area contributed by atoms with Gasteiger partial charge in [0.1, 0.15) is 5.02 Å². The molecule has 0 N–H and O–H groups in total. The minimum atomic E-state index is -0.516. The van der Waals surface area contributed by atoms with Crippen LogP contribution in [0.1, 0.15) is 11.5 Å². The van der Waals surface area contributed by atoms with Crippen LogP contribution in [0.15, 0.2) is 30.9 Å². The first-order chi connectivity index (χ1) is 6.56.